The molecule has 10 nitrogen and oxygen atoms in total. The molecule has 3 heterocycles. The van der Waals surface area contributed by atoms with Crippen molar-refractivity contribution in [1.29, 1.82) is 0 Å². The molecule has 1 aliphatic carbocycles. The van der Waals surface area contributed by atoms with Gasteiger partial charge in [-0.05, 0) is 45.7 Å². The zero-order valence-electron chi connectivity index (χ0n) is 19.3. The molecule has 4 rings (SSSR count). The minimum atomic E-state index is -3.44. The van der Waals surface area contributed by atoms with Crippen molar-refractivity contribution >= 4 is 27.5 Å². The summed E-state index contributed by atoms with van der Waals surface area (Å²) in [6.07, 6.45) is 4.79. The molecule has 0 unspecified atom stereocenters. The van der Waals surface area contributed by atoms with E-state index in [1.54, 1.807) is 38.2 Å². The summed E-state index contributed by atoms with van der Waals surface area (Å²) >= 11 is 0. The van der Waals surface area contributed by atoms with Crippen LogP contribution < -0.4 is 15.5 Å². The first-order chi connectivity index (χ1) is 15.5. The maximum atomic E-state index is 12.5. The predicted molar refractivity (Wildman–Crippen MR) is 126 cm³/mol. The van der Waals surface area contributed by atoms with Crippen LogP contribution in [0.3, 0.4) is 0 Å². The lowest BCUT2D eigenvalue weighted by Crippen LogP contribution is -2.44. The summed E-state index contributed by atoms with van der Waals surface area (Å²) in [5, 5.41) is 5.56. The van der Waals surface area contributed by atoms with E-state index in [0.29, 0.717) is 48.5 Å². The third-order valence-electron chi connectivity index (χ3n) is 6.09. The smallest absolute Gasteiger partial charge is 0.320 e. The van der Waals surface area contributed by atoms with Gasteiger partial charge in [-0.2, -0.15) is 0 Å². The lowest BCUT2D eigenvalue weighted by molar-refractivity contribution is 0.0985. The Bertz CT molecular complexity index is 1130. The number of hydrogen-bond donors (Lipinski definition) is 2. The van der Waals surface area contributed by atoms with Gasteiger partial charge < -0.3 is 15.0 Å². The number of nitrogens with one attached hydrogen (secondary N) is 2. The van der Waals surface area contributed by atoms with Crippen LogP contribution in [0.1, 0.15) is 39.3 Å². The summed E-state index contributed by atoms with van der Waals surface area (Å²) in [4.78, 5) is 27.7. The van der Waals surface area contributed by atoms with Crippen LogP contribution in [0.15, 0.2) is 24.4 Å². The molecule has 2 N–H and O–H groups in total. The first-order valence-electron chi connectivity index (χ1n) is 11.0. The second-order valence-corrected chi connectivity index (χ2v) is 11.7. The number of pyridine rings is 1. The molecule has 1 atom stereocenters. The number of hydrogen-bond acceptors (Lipinski definition) is 8. The summed E-state index contributed by atoms with van der Waals surface area (Å²) < 4.78 is 29.4. The zero-order valence-corrected chi connectivity index (χ0v) is 20.1. The highest BCUT2D eigenvalue weighted by Gasteiger charge is 2.35. The molecular weight excluding hydrogens is 444 g/mol. The van der Waals surface area contributed by atoms with Gasteiger partial charge in [-0.3, -0.25) is 5.32 Å². The van der Waals surface area contributed by atoms with E-state index in [0.717, 1.165) is 12.8 Å². The Labute approximate surface area is 194 Å². The van der Waals surface area contributed by atoms with E-state index in [1.165, 1.54) is 6.26 Å². The Morgan fingerprint density at radius 3 is 2.61 bits per heavy atom. The lowest BCUT2D eigenvalue weighted by Gasteiger charge is -2.35. The van der Waals surface area contributed by atoms with E-state index in [2.05, 4.69) is 25.5 Å². The van der Waals surface area contributed by atoms with Gasteiger partial charge in [0.05, 0.1) is 24.9 Å². The highest BCUT2D eigenvalue weighted by molar-refractivity contribution is 7.91. The standard InChI is InChI=1S/C22H30N6O4S/c1-14-13-32-10-9-28(14)19-11-17(22(2,3)33(4,30)31)25-20(27-19)15-5-8-18(23-12-15)26-21(29)24-16-6-7-16/h5,8,11-12,14,16H,6-7,9-10,13H2,1-4H3,(H2,23,24,26,29)/t14-/m0/s1. The minimum Gasteiger partial charge on any atom is -0.377 e. The normalized spacial score (nSPS) is 19.3. The molecule has 0 spiro atoms. The molecule has 178 valence electrons. The molecule has 2 aromatic heterocycles. The number of sulfone groups is 1. The van der Waals surface area contributed by atoms with E-state index in [-0.39, 0.29) is 18.1 Å². The van der Waals surface area contributed by atoms with Crippen molar-refractivity contribution in [2.75, 3.05) is 36.2 Å². The minimum absolute atomic E-state index is 0.0883. The molecule has 0 radical (unpaired) electrons. The first-order valence-corrected chi connectivity index (χ1v) is 12.9. The Morgan fingerprint density at radius 1 is 1.24 bits per heavy atom. The van der Waals surface area contributed by atoms with Gasteiger partial charge in [0.15, 0.2) is 15.7 Å². The largest absolute Gasteiger partial charge is 0.377 e. The van der Waals surface area contributed by atoms with Crippen molar-refractivity contribution < 1.29 is 17.9 Å². The molecule has 1 saturated heterocycles. The second-order valence-electron chi connectivity index (χ2n) is 9.14. The van der Waals surface area contributed by atoms with Crippen molar-refractivity contribution in [1.82, 2.24) is 20.3 Å². The van der Waals surface area contributed by atoms with Crippen LogP contribution >= 0.6 is 0 Å². The Kier molecular flexibility index (Phi) is 6.28. The topological polar surface area (TPSA) is 126 Å². The monoisotopic (exact) mass is 474 g/mol. The van der Waals surface area contributed by atoms with E-state index in [1.807, 2.05) is 6.92 Å². The lowest BCUT2D eigenvalue weighted by atomic mass is 10.1. The predicted octanol–water partition coefficient (Wildman–Crippen LogP) is 2.33. The molecule has 0 aromatic carbocycles. The van der Waals surface area contributed by atoms with Gasteiger partial charge in [0, 0.05) is 36.7 Å². The average molecular weight is 475 g/mol. The number of carbonyl (C=O) groups excluding carboxylic acids is 1. The van der Waals surface area contributed by atoms with Gasteiger partial charge in [-0.25, -0.2) is 28.2 Å². The van der Waals surface area contributed by atoms with Crippen LogP contribution in [0.4, 0.5) is 16.4 Å². The molecule has 0 bridgehead atoms. The number of morpholine rings is 1. The fourth-order valence-corrected chi connectivity index (χ4v) is 3.93. The fraction of sp³-hybridized carbons (Fsp3) is 0.545. The first kappa shape index (κ1) is 23.4. The molecule has 11 heteroatoms. The molecular formula is C22H30N6O4S. The third-order valence-corrected chi connectivity index (χ3v) is 8.16. The molecule has 2 aromatic rings. The number of aromatic nitrogens is 3. The number of amides is 2. The Balaban J connectivity index is 1.68. The van der Waals surface area contributed by atoms with Gasteiger partial charge in [-0.1, -0.05) is 0 Å². The fourth-order valence-electron chi connectivity index (χ4n) is 3.44. The summed E-state index contributed by atoms with van der Waals surface area (Å²) in [7, 11) is -3.44. The Hall–Kier alpha value is -2.79. The van der Waals surface area contributed by atoms with Gasteiger partial charge in [0.25, 0.3) is 0 Å². The zero-order chi connectivity index (χ0) is 23.8. The highest BCUT2D eigenvalue weighted by atomic mass is 32.2. The van der Waals surface area contributed by atoms with Gasteiger partial charge in [0.2, 0.25) is 0 Å². The van der Waals surface area contributed by atoms with E-state index in [4.69, 9.17) is 9.72 Å². The second kappa shape index (κ2) is 8.86. The highest BCUT2D eigenvalue weighted by Crippen LogP contribution is 2.32. The van der Waals surface area contributed by atoms with E-state index >= 15 is 0 Å². The molecule has 2 amide bonds. The number of nitrogens with zero attached hydrogens (tertiary/aromatic N) is 4. The van der Waals surface area contributed by atoms with E-state index < -0.39 is 14.6 Å². The van der Waals surface area contributed by atoms with Crippen LogP contribution in [-0.2, 0) is 19.3 Å². The van der Waals surface area contributed by atoms with Crippen LogP contribution in [0.25, 0.3) is 11.4 Å². The quantitative estimate of drug-likeness (QED) is 0.653. The van der Waals surface area contributed by atoms with E-state index in [9.17, 15) is 13.2 Å². The summed E-state index contributed by atoms with van der Waals surface area (Å²) in [5.41, 5.74) is 1.03. The maximum Gasteiger partial charge on any atom is 0.320 e. The molecule has 2 aliphatic rings. The van der Waals surface area contributed by atoms with Gasteiger partial charge >= 0.3 is 6.03 Å². The van der Waals surface area contributed by atoms with Crippen molar-refractivity contribution in [3.63, 3.8) is 0 Å². The average Bonchev–Trinajstić information content (AvgIpc) is 3.57. The van der Waals surface area contributed by atoms with Gasteiger partial charge in [-0.15, -0.1) is 0 Å². The molecule has 2 fully saturated rings. The molecule has 1 aliphatic heterocycles. The number of carbonyl (C=O) groups is 1. The van der Waals surface area contributed by atoms with Crippen LogP contribution in [0.5, 0.6) is 0 Å². The summed E-state index contributed by atoms with van der Waals surface area (Å²) in [6.45, 7) is 7.11. The van der Waals surface area contributed by atoms with Gasteiger partial charge in [0.1, 0.15) is 16.4 Å². The number of rotatable bonds is 6. The summed E-state index contributed by atoms with van der Waals surface area (Å²) in [5.74, 6) is 1.43. The molecule has 33 heavy (non-hydrogen) atoms. The number of ether oxygens (including phenoxy) is 1. The van der Waals surface area contributed by atoms with Crippen molar-refractivity contribution in [2.45, 2.75) is 50.4 Å². The van der Waals surface area contributed by atoms with Crippen LogP contribution in [-0.4, -0.2) is 67.5 Å². The van der Waals surface area contributed by atoms with Crippen molar-refractivity contribution in [2.24, 2.45) is 0 Å². The summed E-state index contributed by atoms with van der Waals surface area (Å²) in [6, 6.07) is 5.24. The number of urea groups is 1. The Morgan fingerprint density at radius 2 is 2.00 bits per heavy atom. The van der Waals surface area contributed by atoms with Crippen molar-refractivity contribution in [3.8, 4) is 11.4 Å². The van der Waals surface area contributed by atoms with Crippen molar-refractivity contribution in [3.05, 3.63) is 30.1 Å². The number of anilines is 2. The van der Waals surface area contributed by atoms with Crippen LogP contribution in [0.2, 0.25) is 0 Å². The SMILES string of the molecule is C[C@H]1COCCN1c1cc(C(C)(C)S(C)(=O)=O)nc(-c2ccc(NC(=O)NC3CC3)nc2)n1. The third kappa shape index (κ3) is 5.25. The van der Waals surface area contributed by atoms with Crippen LogP contribution in [0, 0.1) is 0 Å². The molecule has 1 saturated carbocycles. The maximum absolute atomic E-state index is 12.5.